The minimum absolute atomic E-state index is 0.0717. The van der Waals surface area contributed by atoms with E-state index in [0.717, 1.165) is 12.2 Å². The van der Waals surface area contributed by atoms with Crippen LogP contribution in [0, 0.1) is 5.82 Å². The maximum absolute atomic E-state index is 14.5. The summed E-state index contributed by atoms with van der Waals surface area (Å²) >= 11 is 1.28. The Bertz CT molecular complexity index is 1010. The van der Waals surface area contributed by atoms with Crippen LogP contribution in [0.1, 0.15) is 27.7 Å². The van der Waals surface area contributed by atoms with Gasteiger partial charge in [-0.05, 0) is 52.0 Å². The summed E-state index contributed by atoms with van der Waals surface area (Å²) in [5, 5.41) is 12.0. The smallest absolute Gasteiger partial charge is 0.230 e. The van der Waals surface area contributed by atoms with Crippen molar-refractivity contribution in [2.24, 2.45) is 0 Å². The van der Waals surface area contributed by atoms with Gasteiger partial charge in [-0.15, -0.1) is 10.2 Å². The first kappa shape index (κ1) is 23.9. The van der Waals surface area contributed by atoms with E-state index in [1.54, 1.807) is 22.8 Å². The number of amides is 1. The van der Waals surface area contributed by atoms with Crippen LogP contribution in [0.5, 0.6) is 0 Å². The number of carbonyl (C=O) groups is 1. The second-order valence-corrected chi connectivity index (χ2v) is 8.96. The molecule has 0 saturated heterocycles. The van der Waals surface area contributed by atoms with Gasteiger partial charge in [0.05, 0.1) is 11.3 Å². The zero-order chi connectivity index (χ0) is 23.1. The molecule has 0 aliphatic carbocycles. The second-order valence-electron chi connectivity index (χ2n) is 8.02. The summed E-state index contributed by atoms with van der Waals surface area (Å²) in [6.07, 6.45) is 0. The van der Waals surface area contributed by atoms with Gasteiger partial charge in [-0.25, -0.2) is 4.39 Å². The van der Waals surface area contributed by atoms with Crippen molar-refractivity contribution in [2.45, 2.75) is 44.9 Å². The molecule has 0 unspecified atom stereocenters. The Kier molecular flexibility index (Phi) is 8.41. The Balaban J connectivity index is 1.72. The van der Waals surface area contributed by atoms with Crippen LogP contribution < -0.4 is 5.32 Å². The third-order valence-corrected chi connectivity index (χ3v) is 6.04. The summed E-state index contributed by atoms with van der Waals surface area (Å²) in [4.78, 5) is 14.8. The topological polar surface area (TPSA) is 63.1 Å². The van der Waals surface area contributed by atoms with Crippen molar-refractivity contribution in [3.05, 3.63) is 60.4 Å². The van der Waals surface area contributed by atoms with Crippen LogP contribution >= 0.6 is 11.8 Å². The molecule has 0 fully saturated rings. The lowest BCUT2D eigenvalue weighted by atomic mass is 10.2. The zero-order valence-corrected chi connectivity index (χ0v) is 19.8. The van der Waals surface area contributed by atoms with Crippen molar-refractivity contribution >= 4 is 17.7 Å². The molecule has 0 aliphatic rings. The maximum Gasteiger partial charge on any atom is 0.230 e. The van der Waals surface area contributed by atoms with Crippen LogP contribution in [0.25, 0.3) is 17.1 Å². The highest BCUT2D eigenvalue weighted by Crippen LogP contribution is 2.29. The van der Waals surface area contributed by atoms with Gasteiger partial charge in [-0.3, -0.25) is 14.3 Å². The molecule has 0 spiro atoms. The molecular weight excluding hydrogens is 425 g/mol. The molecule has 0 radical (unpaired) electrons. The molecule has 2 aromatic carbocycles. The number of hydrogen-bond acceptors (Lipinski definition) is 5. The van der Waals surface area contributed by atoms with E-state index >= 15 is 0 Å². The largest absolute Gasteiger partial charge is 0.354 e. The van der Waals surface area contributed by atoms with Crippen molar-refractivity contribution in [2.75, 3.05) is 18.8 Å². The molecule has 0 aliphatic heterocycles. The molecule has 1 N–H and O–H groups in total. The van der Waals surface area contributed by atoms with Crippen LogP contribution in [0.15, 0.2) is 59.8 Å². The number of thioether (sulfide) groups is 1. The normalized spacial score (nSPS) is 11.5. The standard InChI is InChI=1S/C24H30FN5OS/c1-17(2)29(18(3)4)15-14-26-22(31)16-32-24-28-27-23(20-12-8-9-13-21(20)25)30(24)19-10-6-5-7-11-19/h5-13,17-18H,14-16H2,1-4H3,(H,26,31). The zero-order valence-electron chi connectivity index (χ0n) is 19.0. The van der Waals surface area contributed by atoms with E-state index in [9.17, 15) is 9.18 Å². The van der Waals surface area contributed by atoms with Crippen LogP contribution in [-0.4, -0.2) is 56.5 Å². The molecule has 170 valence electrons. The number of hydrogen-bond donors (Lipinski definition) is 1. The van der Waals surface area contributed by atoms with Gasteiger partial charge >= 0.3 is 0 Å². The fourth-order valence-corrected chi connectivity index (χ4v) is 4.39. The van der Waals surface area contributed by atoms with Gasteiger partial charge in [0.1, 0.15) is 5.82 Å². The number of halogens is 1. The third kappa shape index (κ3) is 5.95. The van der Waals surface area contributed by atoms with E-state index < -0.39 is 0 Å². The molecule has 0 saturated carbocycles. The average Bonchev–Trinajstić information content (AvgIpc) is 3.19. The quantitative estimate of drug-likeness (QED) is 0.459. The highest BCUT2D eigenvalue weighted by Gasteiger charge is 2.19. The predicted molar refractivity (Wildman–Crippen MR) is 127 cm³/mol. The molecule has 6 nitrogen and oxygen atoms in total. The molecule has 1 aromatic heterocycles. The van der Waals surface area contributed by atoms with Gasteiger partial charge in [0.25, 0.3) is 0 Å². The number of aromatic nitrogens is 3. The van der Waals surface area contributed by atoms with Crippen molar-refractivity contribution < 1.29 is 9.18 Å². The van der Waals surface area contributed by atoms with Gasteiger partial charge in [-0.1, -0.05) is 42.1 Å². The molecule has 3 aromatic rings. The Hall–Kier alpha value is -2.71. The lowest BCUT2D eigenvalue weighted by Gasteiger charge is -2.30. The highest BCUT2D eigenvalue weighted by molar-refractivity contribution is 7.99. The Morgan fingerprint density at radius 2 is 1.69 bits per heavy atom. The number of benzene rings is 2. The molecule has 1 amide bonds. The van der Waals surface area contributed by atoms with Crippen LogP contribution in [0.4, 0.5) is 4.39 Å². The molecule has 3 rings (SSSR count). The summed E-state index contributed by atoms with van der Waals surface area (Å²) in [6.45, 7) is 10.00. The molecule has 1 heterocycles. The van der Waals surface area contributed by atoms with Gasteiger partial charge in [0.2, 0.25) is 5.91 Å². The average molecular weight is 456 g/mol. The van der Waals surface area contributed by atoms with E-state index in [1.165, 1.54) is 17.8 Å². The summed E-state index contributed by atoms with van der Waals surface area (Å²) in [5.41, 5.74) is 1.17. The van der Waals surface area contributed by atoms with Crippen LogP contribution in [0.3, 0.4) is 0 Å². The van der Waals surface area contributed by atoms with E-state index in [4.69, 9.17) is 0 Å². The first-order valence-corrected chi connectivity index (χ1v) is 11.8. The van der Waals surface area contributed by atoms with Gasteiger partial charge in [-0.2, -0.15) is 0 Å². The van der Waals surface area contributed by atoms with Crippen molar-refractivity contribution in [1.82, 2.24) is 25.0 Å². The number of nitrogens with zero attached hydrogens (tertiary/aromatic N) is 4. The predicted octanol–water partition coefficient (Wildman–Crippen LogP) is 4.40. The first-order valence-electron chi connectivity index (χ1n) is 10.8. The monoisotopic (exact) mass is 455 g/mol. The maximum atomic E-state index is 14.5. The fourth-order valence-electron chi connectivity index (χ4n) is 3.61. The SMILES string of the molecule is CC(C)N(CCNC(=O)CSc1nnc(-c2ccccc2F)n1-c1ccccc1)C(C)C. The summed E-state index contributed by atoms with van der Waals surface area (Å²) in [7, 11) is 0. The molecule has 0 atom stereocenters. The molecule has 0 bridgehead atoms. The van der Waals surface area contributed by atoms with Crippen molar-refractivity contribution in [3.63, 3.8) is 0 Å². The van der Waals surface area contributed by atoms with E-state index in [-0.39, 0.29) is 17.5 Å². The van der Waals surface area contributed by atoms with Crippen molar-refractivity contribution in [1.29, 1.82) is 0 Å². The third-order valence-electron chi connectivity index (χ3n) is 5.11. The molecule has 32 heavy (non-hydrogen) atoms. The minimum atomic E-state index is -0.369. The first-order chi connectivity index (χ1) is 15.4. The minimum Gasteiger partial charge on any atom is -0.354 e. The van der Waals surface area contributed by atoms with Crippen molar-refractivity contribution in [3.8, 4) is 17.1 Å². The fraction of sp³-hybridized carbons (Fsp3) is 0.375. The van der Waals surface area contributed by atoms with Gasteiger partial charge in [0, 0.05) is 30.9 Å². The number of rotatable bonds is 10. The van der Waals surface area contributed by atoms with Crippen LogP contribution in [0.2, 0.25) is 0 Å². The summed E-state index contributed by atoms with van der Waals surface area (Å²) in [6, 6.07) is 16.8. The van der Waals surface area contributed by atoms with E-state index in [2.05, 4.69) is 48.1 Å². The van der Waals surface area contributed by atoms with Gasteiger partial charge < -0.3 is 5.32 Å². The summed E-state index contributed by atoms with van der Waals surface area (Å²) in [5.74, 6) is 0.163. The Morgan fingerprint density at radius 3 is 2.34 bits per heavy atom. The number of para-hydroxylation sites is 1. The lowest BCUT2D eigenvalue weighted by molar-refractivity contribution is -0.118. The van der Waals surface area contributed by atoms with Gasteiger partial charge in [0.15, 0.2) is 11.0 Å². The summed E-state index contributed by atoms with van der Waals surface area (Å²) < 4.78 is 16.2. The number of nitrogens with one attached hydrogen (secondary N) is 1. The number of carbonyl (C=O) groups excluding carboxylic acids is 1. The second kappa shape index (κ2) is 11.2. The van der Waals surface area contributed by atoms with Crippen LogP contribution in [-0.2, 0) is 4.79 Å². The molecule has 8 heteroatoms. The Morgan fingerprint density at radius 1 is 1.03 bits per heavy atom. The van der Waals surface area contributed by atoms with E-state index in [0.29, 0.717) is 35.2 Å². The Labute approximate surface area is 193 Å². The van der Waals surface area contributed by atoms with E-state index in [1.807, 2.05) is 30.3 Å². The lowest BCUT2D eigenvalue weighted by Crippen LogP contribution is -2.42. The molecular formula is C24H30FN5OS. The highest BCUT2D eigenvalue weighted by atomic mass is 32.2.